The SMILES string of the molecule is Cc1noc(C(C)C)c1C(=O)NCc1cccc(C(=O)N2CCCCC2)c1. The van der Waals surface area contributed by atoms with E-state index in [1.54, 1.807) is 6.92 Å². The normalized spacial score (nSPS) is 14.4. The molecule has 144 valence electrons. The maximum atomic E-state index is 12.7. The number of hydrogen-bond donors (Lipinski definition) is 1. The van der Waals surface area contributed by atoms with Gasteiger partial charge in [0.05, 0.1) is 5.69 Å². The number of nitrogens with one attached hydrogen (secondary N) is 1. The molecule has 0 unspecified atom stereocenters. The number of carbonyl (C=O) groups is 2. The molecular formula is C21H27N3O3. The summed E-state index contributed by atoms with van der Waals surface area (Å²) in [6.07, 6.45) is 3.33. The maximum absolute atomic E-state index is 12.7. The molecule has 1 aliphatic rings. The van der Waals surface area contributed by atoms with Crippen molar-refractivity contribution in [1.82, 2.24) is 15.4 Å². The van der Waals surface area contributed by atoms with Crippen molar-refractivity contribution in [3.05, 3.63) is 52.4 Å². The molecule has 0 aliphatic carbocycles. The molecule has 6 nitrogen and oxygen atoms in total. The average Bonchev–Trinajstić information content (AvgIpc) is 3.08. The number of amides is 2. The lowest BCUT2D eigenvalue weighted by Crippen LogP contribution is -2.35. The molecule has 2 amide bonds. The average molecular weight is 369 g/mol. The monoisotopic (exact) mass is 369 g/mol. The molecule has 0 radical (unpaired) electrons. The Kier molecular flexibility index (Phi) is 5.94. The summed E-state index contributed by atoms with van der Waals surface area (Å²) in [4.78, 5) is 27.2. The van der Waals surface area contributed by atoms with Gasteiger partial charge < -0.3 is 14.7 Å². The fourth-order valence-electron chi connectivity index (χ4n) is 3.42. The molecule has 1 N–H and O–H groups in total. The highest BCUT2D eigenvalue weighted by molar-refractivity contribution is 5.96. The van der Waals surface area contributed by atoms with Crippen molar-refractivity contribution in [2.24, 2.45) is 0 Å². The summed E-state index contributed by atoms with van der Waals surface area (Å²) in [6.45, 7) is 7.69. The van der Waals surface area contributed by atoms with Crippen LogP contribution in [0.3, 0.4) is 0 Å². The molecule has 0 atom stereocenters. The van der Waals surface area contributed by atoms with Gasteiger partial charge in [-0.2, -0.15) is 0 Å². The van der Waals surface area contributed by atoms with Gasteiger partial charge >= 0.3 is 0 Å². The highest BCUT2D eigenvalue weighted by atomic mass is 16.5. The van der Waals surface area contributed by atoms with Gasteiger partial charge in [0.1, 0.15) is 5.56 Å². The van der Waals surface area contributed by atoms with Crippen LogP contribution in [0.2, 0.25) is 0 Å². The van der Waals surface area contributed by atoms with Gasteiger partial charge in [0.25, 0.3) is 11.8 Å². The second-order valence-corrected chi connectivity index (χ2v) is 7.40. The minimum atomic E-state index is -0.204. The summed E-state index contributed by atoms with van der Waals surface area (Å²) in [5.74, 6) is 0.543. The Balaban J connectivity index is 1.67. The summed E-state index contributed by atoms with van der Waals surface area (Å²) >= 11 is 0. The summed E-state index contributed by atoms with van der Waals surface area (Å²) in [5, 5.41) is 6.84. The van der Waals surface area contributed by atoms with E-state index in [-0.39, 0.29) is 17.7 Å². The van der Waals surface area contributed by atoms with E-state index < -0.39 is 0 Å². The number of carbonyl (C=O) groups excluding carboxylic acids is 2. The van der Waals surface area contributed by atoms with Crippen LogP contribution in [0, 0.1) is 6.92 Å². The standard InChI is InChI=1S/C21H27N3O3/c1-14(2)19-18(15(3)23-27-19)20(25)22-13-16-8-7-9-17(12-16)21(26)24-10-5-4-6-11-24/h7-9,12,14H,4-6,10-11,13H2,1-3H3,(H,22,25). The molecule has 6 heteroatoms. The van der Waals surface area contributed by atoms with Crippen LogP contribution in [0.25, 0.3) is 0 Å². The van der Waals surface area contributed by atoms with E-state index in [0.717, 1.165) is 31.5 Å². The Bertz CT molecular complexity index is 820. The smallest absolute Gasteiger partial charge is 0.257 e. The van der Waals surface area contributed by atoms with Crippen molar-refractivity contribution in [3.63, 3.8) is 0 Å². The fraction of sp³-hybridized carbons (Fsp3) is 0.476. The molecule has 1 aromatic carbocycles. The van der Waals surface area contributed by atoms with Gasteiger partial charge in [0.15, 0.2) is 5.76 Å². The first kappa shape index (κ1) is 19.1. The van der Waals surface area contributed by atoms with Crippen LogP contribution < -0.4 is 5.32 Å². The minimum absolute atomic E-state index is 0.0693. The van der Waals surface area contributed by atoms with Crippen LogP contribution in [0.5, 0.6) is 0 Å². The van der Waals surface area contributed by atoms with Crippen LogP contribution in [-0.4, -0.2) is 35.0 Å². The molecule has 3 rings (SSSR count). The first-order valence-electron chi connectivity index (χ1n) is 9.60. The largest absolute Gasteiger partial charge is 0.360 e. The molecule has 1 fully saturated rings. The molecule has 0 bridgehead atoms. The quantitative estimate of drug-likeness (QED) is 0.873. The van der Waals surface area contributed by atoms with Gasteiger partial charge in [-0.3, -0.25) is 9.59 Å². The number of hydrogen-bond acceptors (Lipinski definition) is 4. The van der Waals surface area contributed by atoms with E-state index in [4.69, 9.17) is 4.52 Å². The lowest BCUT2D eigenvalue weighted by molar-refractivity contribution is 0.0724. The Morgan fingerprint density at radius 1 is 1.22 bits per heavy atom. The Labute approximate surface area is 159 Å². The number of benzene rings is 1. The third-order valence-electron chi connectivity index (χ3n) is 4.91. The third-order valence-corrected chi connectivity index (χ3v) is 4.91. The number of nitrogens with zero attached hydrogens (tertiary/aromatic N) is 2. The molecule has 1 aliphatic heterocycles. The second-order valence-electron chi connectivity index (χ2n) is 7.40. The van der Waals surface area contributed by atoms with Gasteiger partial charge in [0.2, 0.25) is 0 Å². The number of aryl methyl sites for hydroxylation is 1. The van der Waals surface area contributed by atoms with E-state index >= 15 is 0 Å². The number of likely N-dealkylation sites (tertiary alicyclic amines) is 1. The first-order chi connectivity index (χ1) is 13.0. The molecule has 0 saturated carbocycles. The molecule has 2 heterocycles. The predicted molar refractivity (Wildman–Crippen MR) is 103 cm³/mol. The van der Waals surface area contributed by atoms with Crippen molar-refractivity contribution in [2.45, 2.75) is 52.5 Å². The lowest BCUT2D eigenvalue weighted by atomic mass is 10.0. The van der Waals surface area contributed by atoms with E-state index in [0.29, 0.717) is 29.1 Å². The molecular weight excluding hydrogens is 342 g/mol. The van der Waals surface area contributed by atoms with Crippen molar-refractivity contribution in [2.75, 3.05) is 13.1 Å². The molecule has 1 aromatic heterocycles. The van der Waals surface area contributed by atoms with Crippen LogP contribution >= 0.6 is 0 Å². The maximum Gasteiger partial charge on any atom is 0.257 e. The van der Waals surface area contributed by atoms with Gasteiger partial charge in [-0.05, 0) is 43.9 Å². The zero-order valence-corrected chi connectivity index (χ0v) is 16.2. The highest BCUT2D eigenvalue weighted by Crippen LogP contribution is 2.22. The van der Waals surface area contributed by atoms with E-state index in [2.05, 4.69) is 10.5 Å². The van der Waals surface area contributed by atoms with E-state index in [1.807, 2.05) is 43.0 Å². The minimum Gasteiger partial charge on any atom is -0.360 e. The second kappa shape index (κ2) is 8.37. The van der Waals surface area contributed by atoms with Crippen molar-refractivity contribution >= 4 is 11.8 Å². The summed E-state index contributed by atoms with van der Waals surface area (Å²) in [5.41, 5.74) is 2.66. The third kappa shape index (κ3) is 4.38. The zero-order chi connectivity index (χ0) is 19.4. The predicted octanol–water partition coefficient (Wildman–Crippen LogP) is 3.66. The Morgan fingerprint density at radius 3 is 2.67 bits per heavy atom. The van der Waals surface area contributed by atoms with Crippen LogP contribution in [0.15, 0.2) is 28.8 Å². The lowest BCUT2D eigenvalue weighted by Gasteiger charge is -2.26. The zero-order valence-electron chi connectivity index (χ0n) is 16.2. The number of rotatable bonds is 5. The first-order valence-corrected chi connectivity index (χ1v) is 9.60. The highest BCUT2D eigenvalue weighted by Gasteiger charge is 2.22. The summed E-state index contributed by atoms with van der Waals surface area (Å²) < 4.78 is 5.29. The van der Waals surface area contributed by atoms with Gasteiger partial charge in [-0.15, -0.1) is 0 Å². The Morgan fingerprint density at radius 2 is 1.96 bits per heavy atom. The Hall–Kier alpha value is -2.63. The van der Waals surface area contributed by atoms with Gasteiger partial charge in [0, 0.05) is 31.1 Å². The van der Waals surface area contributed by atoms with Crippen molar-refractivity contribution < 1.29 is 14.1 Å². The number of aromatic nitrogens is 1. The van der Waals surface area contributed by atoms with Gasteiger partial charge in [-0.1, -0.05) is 31.1 Å². The van der Waals surface area contributed by atoms with Crippen LogP contribution in [0.4, 0.5) is 0 Å². The van der Waals surface area contributed by atoms with E-state index in [1.165, 1.54) is 6.42 Å². The number of piperidine rings is 1. The van der Waals surface area contributed by atoms with Crippen LogP contribution in [-0.2, 0) is 6.54 Å². The summed E-state index contributed by atoms with van der Waals surface area (Å²) in [6, 6.07) is 7.48. The molecule has 27 heavy (non-hydrogen) atoms. The van der Waals surface area contributed by atoms with Crippen molar-refractivity contribution in [1.29, 1.82) is 0 Å². The molecule has 0 spiro atoms. The summed E-state index contributed by atoms with van der Waals surface area (Å²) in [7, 11) is 0. The van der Waals surface area contributed by atoms with Gasteiger partial charge in [-0.25, -0.2) is 0 Å². The van der Waals surface area contributed by atoms with Crippen molar-refractivity contribution in [3.8, 4) is 0 Å². The topological polar surface area (TPSA) is 75.4 Å². The molecule has 2 aromatic rings. The fourth-order valence-corrected chi connectivity index (χ4v) is 3.42. The van der Waals surface area contributed by atoms with Crippen LogP contribution in [0.1, 0.15) is 76.8 Å². The van der Waals surface area contributed by atoms with E-state index in [9.17, 15) is 9.59 Å². The molecule has 1 saturated heterocycles.